The topological polar surface area (TPSA) is 125 Å². The van der Waals surface area contributed by atoms with E-state index in [1.54, 1.807) is 4.90 Å². The van der Waals surface area contributed by atoms with E-state index in [0.29, 0.717) is 0 Å². The Hall–Kier alpha value is -4.65. The number of hydrogen-bond donors (Lipinski definition) is 0. The van der Waals surface area contributed by atoms with Crippen molar-refractivity contribution >= 4 is 29.0 Å². The smallest absolute Gasteiger partial charge is 0.270 e. The van der Waals surface area contributed by atoms with E-state index in [4.69, 9.17) is 0 Å². The maximum absolute atomic E-state index is 13.8. The van der Waals surface area contributed by atoms with Gasteiger partial charge in [0, 0.05) is 23.9 Å². The van der Waals surface area contributed by atoms with Crippen molar-refractivity contribution < 1.29 is 23.7 Å². The molecule has 34 heavy (non-hydrogen) atoms. The van der Waals surface area contributed by atoms with Crippen LogP contribution in [0.25, 0.3) is 0 Å². The summed E-state index contributed by atoms with van der Waals surface area (Å²) < 4.78 is 13.8. The van der Waals surface area contributed by atoms with E-state index in [1.807, 2.05) is 6.07 Å². The van der Waals surface area contributed by atoms with Crippen LogP contribution in [0.5, 0.6) is 0 Å². The number of rotatable bonds is 4. The molecular formula is C24H15FN4O5. The molecule has 2 aromatic carbocycles. The summed E-state index contributed by atoms with van der Waals surface area (Å²) in [4.78, 5) is 53.5. The van der Waals surface area contributed by atoms with Crippen molar-refractivity contribution in [1.29, 1.82) is 5.26 Å². The van der Waals surface area contributed by atoms with Crippen molar-refractivity contribution in [3.05, 3.63) is 94.0 Å². The summed E-state index contributed by atoms with van der Waals surface area (Å²) in [6.07, 6.45) is 4.50. The van der Waals surface area contributed by atoms with Crippen molar-refractivity contribution in [2.45, 2.75) is 12.1 Å². The van der Waals surface area contributed by atoms with E-state index in [1.165, 1.54) is 54.8 Å². The Morgan fingerprint density at radius 1 is 1.09 bits per heavy atom. The molecule has 2 saturated heterocycles. The van der Waals surface area contributed by atoms with E-state index in [0.717, 1.165) is 17.0 Å². The van der Waals surface area contributed by atoms with E-state index in [2.05, 4.69) is 0 Å². The lowest BCUT2D eigenvalue weighted by Gasteiger charge is -2.32. The largest absolute Gasteiger partial charge is 0.359 e. The first-order chi connectivity index (χ1) is 16.3. The van der Waals surface area contributed by atoms with E-state index < -0.39 is 52.3 Å². The lowest BCUT2D eigenvalue weighted by atomic mass is 9.86. The molecule has 3 aliphatic rings. The molecule has 9 nitrogen and oxygen atoms in total. The highest BCUT2D eigenvalue weighted by atomic mass is 19.1. The Bertz CT molecular complexity index is 1380. The lowest BCUT2D eigenvalue weighted by molar-refractivity contribution is -0.384. The number of carbonyl (C=O) groups excluding carboxylic acids is 3. The van der Waals surface area contributed by atoms with Gasteiger partial charge in [0.05, 0.1) is 40.1 Å². The Morgan fingerprint density at radius 3 is 2.53 bits per heavy atom. The van der Waals surface area contributed by atoms with Gasteiger partial charge in [-0.15, -0.1) is 0 Å². The fourth-order valence-electron chi connectivity index (χ4n) is 4.93. The first kappa shape index (κ1) is 21.2. The molecule has 2 aromatic rings. The highest BCUT2D eigenvalue weighted by molar-refractivity contribution is 6.24. The Kier molecular flexibility index (Phi) is 4.83. The second kappa shape index (κ2) is 7.74. The summed E-state index contributed by atoms with van der Waals surface area (Å²) in [5.74, 6) is -4.58. The predicted molar refractivity (Wildman–Crippen MR) is 116 cm³/mol. The molecule has 2 amide bonds. The number of halogens is 1. The second-order valence-corrected chi connectivity index (χ2v) is 8.15. The van der Waals surface area contributed by atoms with Gasteiger partial charge >= 0.3 is 0 Å². The molecule has 0 spiro atoms. The number of allylic oxidation sites excluding steroid dienone is 2. The summed E-state index contributed by atoms with van der Waals surface area (Å²) in [6.45, 7) is 0. The number of amides is 2. The molecule has 0 N–H and O–H groups in total. The zero-order valence-corrected chi connectivity index (χ0v) is 17.4. The number of nitrogens with zero attached hydrogens (tertiary/aromatic N) is 4. The third-order valence-corrected chi connectivity index (χ3v) is 6.35. The fraction of sp³-hybridized carbons (Fsp3) is 0.167. The van der Waals surface area contributed by atoms with Gasteiger partial charge in [-0.2, -0.15) is 5.26 Å². The van der Waals surface area contributed by atoms with Crippen LogP contribution in [0.4, 0.5) is 15.8 Å². The van der Waals surface area contributed by atoms with Gasteiger partial charge in [0.25, 0.3) is 5.69 Å². The number of nitro benzene ring substituents is 1. The third-order valence-electron chi connectivity index (χ3n) is 6.35. The minimum Gasteiger partial charge on any atom is -0.359 e. The molecule has 3 heterocycles. The van der Waals surface area contributed by atoms with Crippen molar-refractivity contribution in [3.63, 3.8) is 0 Å². The van der Waals surface area contributed by atoms with Crippen molar-refractivity contribution in [2.24, 2.45) is 11.8 Å². The predicted octanol–water partition coefficient (Wildman–Crippen LogP) is 2.75. The number of benzene rings is 2. The monoisotopic (exact) mass is 458 g/mol. The van der Waals surface area contributed by atoms with Crippen LogP contribution in [0.3, 0.4) is 0 Å². The summed E-state index contributed by atoms with van der Waals surface area (Å²) in [7, 11) is 0. The average molecular weight is 458 g/mol. The van der Waals surface area contributed by atoms with Crippen LogP contribution >= 0.6 is 0 Å². The quantitative estimate of drug-likeness (QED) is 0.299. The Morgan fingerprint density at radius 2 is 1.82 bits per heavy atom. The van der Waals surface area contributed by atoms with Gasteiger partial charge in [0.15, 0.2) is 5.78 Å². The van der Waals surface area contributed by atoms with Crippen LogP contribution in [0.15, 0.2) is 72.5 Å². The zero-order chi connectivity index (χ0) is 24.1. The standard InChI is InChI=1S/C24H15FN4O5/c25-15-4-2-5-16(11-15)28-23(31)19-18-9-13(12-26)7-8-27(18)21(20(19)24(28)32)22(30)14-3-1-6-17(10-14)29(33)34/h1-11,18-21H/t18-,19-,20-,21+/m0/s1. The van der Waals surface area contributed by atoms with Crippen LogP contribution < -0.4 is 4.90 Å². The second-order valence-electron chi connectivity index (χ2n) is 8.15. The normalized spacial score (nSPS) is 25.0. The van der Waals surface area contributed by atoms with Crippen molar-refractivity contribution in [1.82, 2.24) is 4.90 Å². The van der Waals surface area contributed by atoms with Gasteiger partial charge in [-0.25, -0.2) is 9.29 Å². The maximum atomic E-state index is 13.8. The SMILES string of the molecule is N#CC1=C[C@H]2[C@@H]3C(=O)N(c4cccc(F)c4)C(=O)[C@@H]3[C@H](C(=O)c3cccc([N+](=O)[O-])c3)N2C=C1. The number of anilines is 1. The van der Waals surface area contributed by atoms with E-state index in [-0.39, 0.29) is 22.5 Å². The van der Waals surface area contributed by atoms with E-state index >= 15 is 0 Å². The number of imide groups is 1. The van der Waals surface area contributed by atoms with Crippen LogP contribution in [0.1, 0.15) is 10.4 Å². The van der Waals surface area contributed by atoms with Gasteiger partial charge in [-0.3, -0.25) is 24.5 Å². The summed E-state index contributed by atoms with van der Waals surface area (Å²) in [5, 5.41) is 20.5. The zero-order valence-electron chi connectivity index (χ0n) is 17.4. The minimum atomic E-state index is -1.14. The number of Topliss-reactive ketones (excluding diaryl/α,β-unsaturated/α-hetero) is 1. The number of nitriles is 1. The Balaban J connectivity index is 1.61. The number of carbonyl (C=O) groups is 3. The van der Waals surface area contributed by atoms with Crippen molar-refractivity contribution in [3.8, 4) is 6.07 Å². The van der Waals surface area contributed by atoms with Gasteiger partial charge in [0.2, 0.25) is 11.8 Å². The lowest BCUT2D eigenvalue weighted by Crippen LogP contribution is -2.46. The van der Waals surface area contributed by atoms with Crippen molar-refractivity contribution in [2.75, 3.05) is 4.90 Å². The molecular weight excluding hydrogens is 443 g/mol. The molecule has 10 heteroatoms. The van der Waals surface area contributed by atoms with Gasteiger partial charge in [0.1, 0.15) is 11.9 Å². The molecule has 168 valence electrons. The summed E-state index contributed by atoms with van der Waals surface area (Å²) >= 11 is 0. The first-order valence-electron chi connectivity index (χ1n) is 10.3. The first-order valence-corrected chi connectivity index (χ1v) is 10.3. The molecule has 0 radical (unpaired) electrons. The molecule has 0 aliphatic carbocycles. The Labute approximate surface area is 192 Å². The minimum absolute atomic E-state index is 0.0199. The van der Waals surface area contributed by atoms with E-state index in [9.17, 15) is 34.2 Å². The highest BCUT2D eigenvalue weighted by Gasteiger charge is 2.63. The number of hydrogen-bond acceptors (Lipinski definition) is 7. The van der Waals surface area contributed by atoms with Crippen LogP contribution in [-0.2, 0) is 9.59 Å². The molecule has 4 atom stereocenters. The summed E-state index contributed by atoms with van der Waals surface area (Å²) in [6, 6.07) is 10.3. The molecule has 0 unspecified atom stereocenters. The third kappa shape index (κ3) is 3.09. The molecule has 5 rings (SSSR count). The molecule has 0 aromatic heterocycles. The van der Waals surface area contributed by atoms with Gasteiger partial charge < -0.3 is 4.90 Å². The molecule has 3 aliphatic heterocycles. The van der Waals surface area contributed by atoms with Crippen LogP contribution in [-0.4, -0.2) is 39.5 Å². The summed E-state index contributed by atoms with van der Waals surface area (Å²) in [5.41, 5.74) is 0.0563. The number of fused-ring (bicyclic) bond motifs is 3. The van der Waals surface area contributed by atoms with Crippen LogP contribution in [0, 0.1) is 39.1 Å². The highest BCUT2D eigenvalue weighted by Crippen LogP contribution is 2.47. The fourth-order valence-corrected chi connectivity index (χ4v) is 4.93. The number of nitro groups is 1. The molecule has 0 saturated carbocycles. The average Bonchev–Trinajstić information content (AvgIpc) is 3.30. The van der Waals surface area contributed by atoms with Gasteiger partial charge in [-0.1, -0.05) is 18.2 Å². The molecule has 0 bridgehead atoms. The molecule has 2 fully saturated rings. The van der Waals surface area contributed by atoms with Crippen LogP contribution in [0.2, 0.25) is 0 Å². The number of non-ortho nitro benzene ring substituents is 1. The van der Waals surface area contributed by atoms with Gasteiger partial charge in [-0.05, 0) is 30.4 Å². The number of ketones is 1. The maximum Gasteiger partial charge on any atom is 0.270 e.